The highest BCUT2D eigenvalue weighted by Crippen LogP contribution is 2.26. The van der Waals surface area contributed by atoms with Gasteiger partial charge in [-0.15, -0.1) is 0 Å². The Hall–Kier alpha value is -1.96. The summed E-state index contributed by atoms with van der Waals surface area (Å²) in [5.74, 6) is 0. The fraction of sp³-hybridized carbons (Fsp3) is 0.231. The standard InChI is InChI=1S/C13H12N2O2/c1-8-10(13(17)11(16)7-14)5-4-9-3-2-6-15-12(8)9/h2-6,11,13,16-17H,1H3. The highest BCUT2D eigenvalue weighted by Gasteiger charge is 2.20. The number of aliphatic hydroxyl groups excluding tert-OH is 2. The minimum Gasteiger partial charge on any atom is -0.385 e. The van der Waals surface area contributed by atoms with Crippen molar-refractivity contribution in [3.63, 3.8) is 0 Å². The number of hydrogen-bond donors (Lipinski definition) is 2. The lowest BCUT2D eigenvalue weighted by atomic mass is 9.97. The summed E-state index contributed by atoms with van der Waals surface area (Å²) in [5, 5.41) is 28.7. The van der Waals surface area contributed by atoms with E-state index in [0.717, 1.165) is 16.5 Å². The van der Waals surface area contributed by atoms with Crippen LogP contribution in [0.3, 0.4) is 0 Å². The van der Waals surface area contributed by atoms with Crippen LogP contribution < -0.4 is 0 Å². The van der Waals surface area contributed by atoms with Gasteiger partial charge in [-0.2, -0.15) is 5.26 Å². The van der Waals surface area contributed by atoms with Gasteiger partial charge in [0.05, 0.1) is 11.6 Å². The lowest BCUT2D eigenvalue weighted by molar-refractivity contribution is 0.0524. The highest BCUT2D eigenvalue weighted by molar-refractivity contribution is 5.82. The second kappa shape index (κ2) is 4.50. The number of nitriles is 1. The van der Waals surface area contributed by atoms with Gasteiger partial charge >= 0.3 is 0 Å². The van der Waals surface area contributed by atoms with Crippen molar-refractivity contribution < 1.29 is 10.2 Å². The lowest BCUT2D eigenvalue weighted by Gasteiger charge is -2.15. The molecule has 4 nitrogen and oxygen atoms in total. The number of nitrogens with zero attached hydrogens (tertiary/aromatic N) is 2. The summed E-state index contributed by atoms with van der Waals surface area (Å²) in [7, 11) is 0. The molecule has 2 unspecified atom stereocenters. The van der Waals surface area contributed by atoms with Crippen LogP contribution in [0.25, 0.3) is 10.9 Å². The normalized spacial score (nSPS) is 14.2. The fourth-order valence-electron chi connectivity index (χ4n) is 1.87. The molecule has 0 fully saturated rings. The molecule has 2 rings (SSSR count). The largest absolute Gasteiger partial charge is 0.385 e. The molecule has 1 aromatic carbocycles. The molecule has 86 valence electrons. The van der Waals surface area contributed by atoms with Crippen molar-refractivity contribution in [2.45, 2.75) is 19.1 Å². The Morgan fingerprint density at radius 3 is 2.76 bits per heavy atom. The predicted octanol–water partition coefficient (Wildman–Crippen LogP) is 1.46. The molecule has 0 saturated carbocycles. The van der Waals surface area contributed by atoms with E-state index in [2.05, 4.69) is 4.98 Å². The van der Waals surface area contributed by atoms with Gasteiger partial charge in [0.2, 0.25) is 0 Å². The maximum Gasteiger partial charge on any atom is 0.170 e. The molecule has 0 radical (unpaired) electrons. The predicted molar refractivity (Wildman–Crippen MR) is 63.1 cm³/mol. The van der Waals surface area contributed by atoms with E-state index in [9.17, 15) is 10.2 Å². The molecular formula is C13H12N2O2. The van der Waals surface area contributed by atoms with E-state index >= 15 is 0 Å². The monoisotopic (exact) mass is 228 g/mol. The van der Waals surface area contributed by atoms with E-state index in [0.29, 0.717) is 5.56 Å². The summed E-state index contributed by atoms with van der Waals surface area (Å²) in [4.78, 5) is 4.23. The summed E-state index contributed by atoms with van der Waals surface area (Å²) in [6, 6.07) is 8.91. The number of hydrogen-bond acceptors (Lipinski definition) is 4. The van der Waals surface area contributed by atoms with Gasteiger partial charge in [-0.3, -0.25) is 4.98 Å². The zero-order valence-electron chi connectivity index (χ0n) is 9.33. The third-order valence-corrected chi connectivity index (χ3v) is 2.82. The molecule has 1 heterocycles. The molecule has 1 aromatic heterocycles. The lowest BCUT2D eigenvalue weighted by Crippen LogP contribution is -2.16. The quantitative estimate of drug-likeness (QED) is 0.763. The van der Waals surface area contributed by atoms with Gasteiger partial charge in [0.1, 0.15) is 6.10 Å². The van der Waals surface area contributed by atoms with Gasteiger partial charge < -0.3 is 10.2 Å². The second-order valence-corrected chi connectivity index (χ2v) is 3.87. The zero-order valence-corrected chi connectivity index (χ0v) is 9.33. The van der Waals surface area contributed by atoms with E-state index in [1.807, 2.05) is 25.1 Å². The Bertz CT molecular complexity index is 589. The van der Waals surface area contributed by atoms with Crippen LogP contribution in [-0.2, 0) is 0 Å². The Morgan fingerprint density at radius 2 is 2.06 bits per heavy atom. The van der Waals surface area contributed by atoms with Gasteiger partial charge in [0, 0.05) is 11.6 Å². The molecule has 2 atom stereocenters. The van der Waals surface area contributed by atoms with Crippen LogP contribution in [-0.4, -0.2) is 21.3 Å². The zero-order chi connectivity index (χ0) is 12.4. The summed E-state index contributed by atoms with van der Waals surface area (Å²) in [6.45, 7) is 1.82. The van der Waals surface area contributed by atoms with Gasteiger partial charge in [-0.1, -0.05) is 18.2 Å². The van der Waals surface area contributed by atoms with Crippen LogP contribution in [0.2, 0.25) is 0 Å². The Balaban J connectivity index is 2.57. The van der Waals surface area contributed by atoms with Crippen molar-refractivity contribution in [1.82, 2.24) is 4.98 Å². The van der Waals surface area contributed by atoms with Gasteiger partial charge in [-0.25, -0.2) is 0 Å². The van der Waals surface area contributed by atoms with E-state index in [4.69, 9.17) is 5.26 Å². The first kappa shape index (κ1) is 11.5. The molecule has 0 bridgehead atoms. The van der Waals surface area contributed by atoms with E-state index in [-0.39, 0.29) is 0 Å². The Kier molecular flexibility index (Phi) is 3.05. The van der Waals surface area contributed by atoms with Crippen molar-refractivity contribution >= 4 is 10.9 Å². The number of aryl methyl sites for hydroxylation is 1. The molecule has 4 heteroatoms. The summed E-state index contributed by atoms with van der Waals surface area (Å²) >= 11 is 0. The topological polar surface area (TPSA) is 77.1 Å². The summed E-state index contributed by atoms with van der Waals surface area (Å²) in [5.41, 5.74) is 2.09. The van der Waals surface area contributed by atoms with Crippen LogP contribution in [0.4, 0.5) is 0 Å². The van der Waals surface area contributed by atoms with Crippen molar-refractivity contribution in [1.29, 1.82) is 5.26 Å². The number of rotatable bonds is 2. The van der Waals surface area contributed by atoms with Gasteiger partial charge in [-0.05, 0) is 24.1 Å². The number of aliphatic hydroxyl groups is 2. The number of aromatic nitrogens is 1. The van der Waals surface area contributed by atoms with E-state index in [1.54, 1.807) is 18.3 Å². The molecule has 0 aliphatic rings. The third kappa shape index (κ3) is 1.98. The minimum absolute atomic E-state index is 0.533. The SMILES string of the molecule is Cc1c(C(O)C(O)C#N)ccc2cccnc12. The van der Waals surface area contributed by atoms with Crippen LogP contribution in [0.5, 0.6) is 0 Å². The van der Waals surface area contributed by atoms with Crippen molar-refractivity contribution in [2.75, 3.05) is 0 Å². The molecule has 2 aromatic rings. The number of benzene rings is 1. The Labute approximate surface area is 98.8 Å². The number of pyridine rings is 1. The smallest absolute Gasteiger partial charge is 0.170 e. The van der Waals surface area contributed by atoms with Gasteiger partial charge in [0.15, 0.2) is 6.10 Å². The highest BCUT2D eigenvalue weighted by atomic mass is 16.3. The molecule has 0 aliphatic carbocycles. The van der Waals surface area contributed by atoms with Crippen LogP contribution in [0.15, 0.2) is 30.5 Å². The average molecular weight is 228 g/mol. The van der Waals surface area contributed by atoms with E-state index in [1.165, 1.54) is 0 Å². The molecular weight excluding hydrogens is 216 g/mol. The Morgan fingerprint density at radius 1 is 1.29 bits per heavy atom. The maximum absolute atomic E-state index is 9.83. The average Bonchev–Trinajstić information content (AvgIpc) is 2.38. The van der Waals surface area contributed by atoms with Crippen molar-refractivity contribution in [2.24, 2.45) is 0 Å². The van der Waals surface area contributed by atoms with Crippen LogP contribution in [0, 0.1) is 18.3 Å². The van der Waals surface area contributed by atoms with Crippen molar-refractivity contribution in [3.8, 4) is 6.07 Å². The first-order valence-corrected chi connectivity index (χ1v) is 5.25. The number of fused-ring (bicyclic) bond motifs is 1. The molecule has 0 amide bonds. The van der Waals surface area contributed by atoms with Crippen LogP contribution in [0.1, 0.15) is 17.2 Å². The molecule has 17 heavy (non-hydrogen) atoms. The van der Waals surface area contributed by atoms with Crippen LogP contribution >= 0.6 is 0 Å². The first-order chi connectivity index (χ1) is 8.15. The summed E-state index contributed by atoms with van der Waals surface area (Å²) in [6.07, 6.45) is -0.951. The molecule has 2 N–H and O–H groups in total. The molecule has 0 saturated heterocycles. The van der Waals surface area contributed by atoms with Gasteiger partial charge in [0.25, 0.3) is 0 Å². The molecule has 0 aliphatic heterocycles. The second-order valence-electron chi connectivity index (χ2n) is 3.87. The first-order valence-electron chi connectivity index (χ1n) is 5.25. The third-order valence-electron chi connectivity index (χ3n) is 2.82. The molecule has 0 spiro atoms. The van der Waals surface area contributed by atoms with Crippen molar-refractivity contribution in [3.05, 3.63) is 41.6 Å². The minimum atomic E-state index is -1.42. The fourth-order valence-corrected chi connectivity index (χ4v) is 1.87. The summed E-state index contributed by atoms with van der Waals surface area (Å²) < 4.78 is 0. The van der Waals surface area contributed by atoms with E-state index < -0.39 is 12.2 Å². The maximum atomic E-state index is 9.83.